The second-order valence-corrected chi connectivity index (χ2v) is 6.47. The molecule has 0 amide bonds. The fourth-order valence-corrected chi connectivity index (χ4v) is 3.38. The number of benzene rings is 1. The van der Waals surface area contributed by atoms with Gasteiger partial charge in [-0.3, -0.25) is 0 Å². The molecule has 2 aromatic rings. The van der Waals surface area contributed by atoms with Gasteiger partial charge in [0.2, 0.25) is 0 Å². The Hall–Kier alpha value is -2.15. The summed E-state index contributed by atoms with van der Waals surface area (Å²) in [6.07, 6.45) is 0. The molecule has 6 nitrogen and oxygen atoms in total. The van der Waals surface area contributed by atoms with Crippen LogP contribution in [0.25, 0.3) is 0 Å². The Morgan fingerprint density at radius 2 is 2.00 bits per heavy atom. The van der Waals surface area contributed by atoms with Gasteiger partial charge in [-0.1, -0.05) is 17.3 Å². The Labute approximate surface area is 115 Å². The topological polar surface area (TPSA) is 97.5 Å². The zero-order chi connectivity index (χ0) is 14.9. The maximum absolute atomic E-state index is 12.3. The molecular weight excluding hydrogens is 282 g/mol. The van der Waals surface area contributed by atoms with Gasteiger partial charge in [0.1, 0.15) is 5.75 Å². The maximum Gasteiger partial charge on any atom is 0.358 e. The third-order valence-corrected chi connectivity index (χ3v) is 4.56. The van der Waals surface area contributed by atoms with Crippen LogP contribution in [-0.4, -0.2) is 24.7 Å². The highest BCUT2D eigenvalue weighted by atomic mass is 32.2. The van der Waals surface area contributed by atoms with Gasteiger partial charge in [-0.15, -0.1) is 0 Å². The molecule has 0 spiro atoms. The minimum atomic E-state index is -3.61. The molecule has 0 bridgehead atoms. The summed E-state index contributed by atoms with van der Waals surface area (Å²) in [6, 6.07) is 6.25. The molecule has 0 aliphatic rings. The first-order chi connectivity index (χ1) is 9.29. The SMILES string of the molecule is Cc1ccc(C)c(S(=O)(=O)Cc2cc(C(=O)O)no2)c1. The number of carboxylic acids is 1. The summed E-state index contributed by atoms with van der Waals surface area (Å²) < 4.78 is 29.4. The summed E-state index contributed by atoms with van der Waals surface area (Å²) in [5.41, 5.74) is 1.16. The van der Waals surface area contributed by atoms with E-state index in [1.165, 1.54) is 0 Å². The molecule has 1 aromatic heterocycles. The van der Waals surface area contributed by atoms with E-state index in [0.717, 1.165) is 11.6 Å². The van der Waals surface area contributed by atoms with Crippen LogP contribution < -0.4 is 0 Å². The van der Waals surface area contributed by atoms with Crippen LogP contribution in [0, 0.1) is 13.8 Å². The molecule has 1 aromatic carbocycles. The van der Waals surface area contributed by atoms with E-state index in [1.807, 2.05) is 6.07 Å². The van der Waals surface area contributed by atoms with Crippen molar-refractivity contribution >= 4 is 15.8 Å². The summed E-state index contributed by atoms with van der Waals surface area (Å²) in [5, 5.41) is 12.0. The maximum atomic E-state index is 12.3. The second-order valence-electron chi connectivity index (χ2n) is 4.51. The summed E-state index contributed by atoms with van der Waals surface area (Å²) in [5.74, 6) is -1.68. The van der Waals surface area contributed by atoms with Crippen molar-refractivity contribution in [2.45, 2.75) is 24.5 Å². The first-order valence-electron chi connectivity index (χ1n) is 5.78. The molecule has 0 fully saturated rings. The smallest absolute Gasteiger partial charge is 0.358 e. The van der Waals surface area contributed by atoms with Crippen LogP contribution in [0.3, 0.4) is 0 Å². The Bertz CT molecular complexity index is 761. The van der Waals surface area contributed by atoms with Gasteiger partial charge in [0.15, 0.2) is 21.3 Å². The third kappa shape index (κ3) is 2.88. The zero-order valence-corrected chi connectivity index (χ0v) is 11.8. The van der Waals surface area contributed by atoms with Crippen LogP contribution in [0.1, 0.15) is 27.4 Å². The van der Waals surface area contributed by atoms with Crippen molar-refractivity contribution in [3.8, 4) is 0 Å². The highest BCUT2D eigenvalue weighted by Gasteiger charge is 2.21. The Kier molecular flexibility index (Phi) is 3.63. The van der Waals surface area contributed by atoms with E-state index in [1.54, 1.807) is 26.0 Å². The summed E-state index contributed by atoms with van der Waals surface area (Å²) in [7, 11) is -3.61. The number of hydrogen-bond acceptors (Lipinski definition) is 5. The molecule has 0 unspecified atom stereocenters. The number of rotatable bonds is 4. The van der Waals surface area contributed by atoms with Crippen LogP contribution in [-0.2, 0) is 15.6 Å². The van der Waals surface area contributed by atoms with Crippen molar-refractivity contribution in [3.05, 3.63) is 46.8 Å². The summed E-state index contributed by atoms with van der Waals surface area (Å²) >= 11 is 0. The van der Waals surface area contributed by atoms with Crippen LogP contribution in [0.2, 0.25) is 0 Å². The van der Waals surface area contributed by atoms with E-state index in [4.69, 9.17) is 9.63 Å². The van der Waals surface area contributed by atoms with Gasteiger partial charge in [0.25, 0.3) is 0 Å². The van der Waals surface area contributed by atoms with Crippen LogP contribution in [0.4, 0.5) is 0 Å². The lowest BCUT2D eigenvalue weighted by Crippen LogP contribution is -2.06. The first-order valence-corrected chi connectivity index (χ1v) is 7.44. The minimum absolute atomic E-state index is 0.00306. The quantitative estimate of drug-likeness (QED) is 0.926. The molecule has 0 atom stereocenters. The van der Waals surface area contributed by atoms with E-state index >= 15 is 0 Å². The standard InChI is InChI=1S/C13H13NO5S/c1-8-3-4-9(2)12(5-8)20(17,18)7-10-6-11(13(15)16)14-19-10/h3-6H,7H2,1-2H3,(H,15,16). The van der Waals surface area contributed by atoms with E-state index in [9.17, 15) is 13.2 Å². The molecule has 0 saturated carbocycles. The number of nitrogens with zero attached hydrogens (tertiary/aromatic N) is 1. The molecule has 2 rings (SSSR count). The normalized spacial score (nSPS) is 11.5. The molecule has 20 heavy (non-hydrogen) atoms. The summed E-state index contributed by atoms with van der Waals surface area (Å²) in [4.78, 5) is 10.9. The minimum Gasteiger partial charge on any atom is -0.476 e. The van der Waals surface area contributed by atoms with Gasteiger partial charge in [-0.05, 0) is 31.0 Å². The molecule has 106 valence electrons. The Balaban J connectivity index is 2.35. The van der Waals surface area contributed by atoms with Crippen LogP contribution >= 0.6 is 0 Å². The molecule has 0 saturated heterocycles. The lowest BCUT2D eigenvalue weighted by molar-refractivity contribution is 0.0685. The van der Waals surface area contributed by atoms with Gasteiger partial charge in [-0.2, -0.15) is 0 Å². The zero-order valence-electron chi connectivity index (χ0n) is 11.0. The number of aromatic nitrogens is 1. The van der Waals surface area contributed by atoms with Crippen molar-refractivity contribution in [3.63, 3.8) is 0 Å². The number of aryl methyl sites for hydroxylation is 2. The van der Waals surface area contributed by atoms with E-state index in [0.29, 0.717) is 5.56 Å². The third-order valence-electron chi connectivity index (χ3n) is 2.79. The fraction of sp³-hybridized carbons (Fsp3) is 0.231. The number of sulfone groups is 1. The van der Waals surface area contributed by atoms with Crippen LogP contribution in [0.5, 0.6) is 0 Å². The molecule has 0 aliphatic heterocycles. The average Bonchev–Trinajstić information content (AvgIpc) is 2.80. The molecule has 1 heterocycles. The van der Waals surface area contributed by atoms with Gasteiger partial charge in [-0.25, -0.2) is 13.2 Å². The van der Waals surface area contributed by atoms with Crippen molar-refractivity contribution in [1.29, 1.82) is 0 Å². The molecule has 1 N–H and O–H groups in total. The highest BCUT2D eigenvalue weighted by molar-refractivity contribution is 7.90. The number of aromatic carboxylic acids is 1. The van der Waals surface area contributed by atoms with Crippen molar-refractivity contribution in [1.82, 2.24) is 5.16 Å². The number of carboxylic acid groups (broad SMARTS) is 1. The Morgan fingerprint density at radius 3 is 2.60 bits per heavy atom. The molecular formula is C13H13NO5S. The van der Waals surface area contributed by atoms with Crippen molar-refractivity contribution in [2.75, 3.05) is 0 Å². The number of carbonyl (C=O) groups is 1. The van der Waals surface area contributed by atoms with Gasteiger partial charge >= 0.3 is 5.97 Å². The predicted molar refractivity (Wildman–Crippen MR) is 70.3 cm³/mol. The van der Waals surface area contributed by atoms with E-state index < -0.39 is 21.6 Å². The van der Waals surface area contributed by atoms with Gasteiger partial charge < -0.3 is 9.63 Å². The number of hydrogen-bond donors (Lipinski definition) is 1. The van der Waals surface area contributed by atoms with Crippen molar-refractivity contribution < 1.29 is 22.8 Å². The molecule has 7 heteroatoms. The first kappa shape index (κ1) is 14.3. The lowest BCUT2D eigenvalue weighted by Gasteiger charge is -2.07. The fourth-order valence-electron chi connectivity index (χ4n) is 1.79. The Morgan fingerprint density at radius 1 is 1.30 bits per heavy atom. The van der Waals surface area contributed by atoms with E-state index in [-0.39, 0.29) is 16.3 Å². The van der Waals surface area contributed by atoms with Crippen LogP contribution in [0.15, 0.2) is 33.7 Å². The van der Waals surface area contributed by atoms with Gasteiger partial charge in [0.05, 0.1) is 4.90 Å². The molecule has 0 radical (unpaired) electrons. The highest BCUT2D eigenvalue weighted by Crippen LogP contribution is 2.21. The predicted octanol–water partition coefficient (Wildman–Crippen LogP) is 1.96. The van der Waals surface area contributed by atoms with E-state index in [2.05, 4.69) is 5.16 Å². The largest absolute Gasteiger partial charge is 0.476 e. The second kappa shape index (κ2) is 5.09. The van der Waals surface area contributed by atoms with Crippen molar-refractivity contribution in [2.24, 2.45) is 0 Å². The molecule has 0 aliphatic carbocycles. The average molecular weight is 295 g/mol. The lowest BCUT2D eigenvalue weighted by atomic mass is 10.2. The summed E-state index contributed by atoms with van der Waals surface area (Å²) in [6.45, 7) is 3.50. The monoisotopic (exact) mass is 295 g/mol. The van der Waals surface area contributed by atoms with Gasteiger partial charge in [0, 0.05) is 6.07 Å².